The number of amides is 1. The molecule has 0 aliphatic carbocycles. The maximum Gasteiger partial charge on any atom is 0.250 e. The Morgan fingerprint density at radius 2 is 1.86 bits per heavy atom. The van der Waals surface area contributed by atoms with Crippen LogP contribution in [0.2, 0.25) is 0 Å². The van der Waals surface area contributed by atoms with Crippen LogP contribution in [-0.2, 0) is 4.79 Å². The van der Waals surface area contributed by atoms with E-state index in [-0.39, 0.29) is 11.0 Å². The van der Waals surface area contributed by atoms with Crippen LogP contribution in [0.1, 0.15) is 17.1 Å². The van der Waals surface area contributed by atoms with Crippen molar-refractivity contribution in [2.75, 3.05) is 5.32 Å². The summed E-state index contributed by atoms with van der Waals surface area (Å²) in [5, 5.41) is 5.77. The van der Waals surface area contributed by atoms with Crippen molar-refractivity contribution in [1.82, 2.24) is 5.32 Å². The minimum Gasteiger partial charge on any atom is -0.462 e. The number of rotatable bonds is 3. The summed E-state index contributed by atoms with van der Waals surface area (Å²) in [6.45, 7) is 3.85. The molecule has 0 saturated carbocycles. The molecule has 1 amide bonds. The third-order valence-electron chi connectivity index (χ3n) is 2.71. The van der Waals surface area contributed by atoms with Crippen molar-refractivity contribution in [3.8, 4) is 0 Å². The molecule has 21 heavy (non-hydrogen) atoms. The van der Waals surface area contributed by atoms with Gasteiger partial charge in [0, 0.05) is 11.8 Å². The van der Waals surface area contributed by atoms with E-state index in [0.717, 1.165) is 17.0 Å². The van der Waals surface area contributed by atoms with Crippen LogP contribution in [0.4, 0.5) is 5.69 Å². The SMILES string of the molecule is Cc1ccc(NC(=S)NC(=O)/C=C/c2ccc(C)o2)cc1. The van der Waals surface area contributed by atoms with Gasteiger partial charge >= 0.3 is 0 Å². The summed E-state index contributed by atoms with van der Waals surface area (Å²) in [6, 6.07) is 11.4. The van der Waals surface area contributed by atoms with Gasteiger partial charge in [0.25, 0.3) is 0 Å². The highest BCUT2D eigenvalue weighted by atomic mass is 32.1. The number of thiocarbonyl (C=S) groups is 1. The van der Waals surface area contributed by atoms with Gasteiger partial charge in [-0.1, -0.05) is 17.7 Å². The standard InChI is InChI=1S/C16H16N2O2S/c1-11-3-6-13(7-4-11)17-16(21)18-15(19)10-9-14-8-5-12(2)20-14/h3-10H,1-2H3,(H2,17,18,19,21)/b10-9+. The van der Waals surface area contributed by atoms with Crippen LogP contribution >= 0.6 is 12.2 Å². The van der Waals surface area contributed by atoms with E-state index in [0.29, 0.717) is 5.76 Å². The first-order valence-electron chi connectivity index (χ1n) is 6.46. The lowest BCUT2D eigenvalue weighted by atomic mass is 10.2. The molecule has 0 aliphatic heterocycles. The van der Waals surface area contributed by atoms with E-state index >= 15 is 0 Å². The number of hydrogen-bond donors (Lipinski definition) is 2. The Morgan fingerprint density at radius 3 is 2.48 bits per heavy atom. The molecule has 1 aromatic heterocycles. The zero-order valence-electron chi connectivity index (χ0n) is 11.8. The molecular formula is C16H16N2O2S. The normalized spacial score (nSPS) is 10.6. The fourth-order valence-electron chi connectivity index (χ4n) is 1.65. The molecule has 2 N–H and O–H groups in total. The van der Waals surface area contributed by atoms with Gasteiger partial charge in [-0.2, -0.15) is 0 Å². The van der Waals surface area contributed by atoms with Crippen molar-refractivity contribution in [2.45, 2.75) is 13.8 Å². The maximum atomic E-state index is 11.7. The van der Waals surface area contributed by atoms with E-state index in [1.54, 1.807) is 12.1 Å². The third-order valence-corrected chi connectivity index (χ3v) is 2.91. The van der Waals surface area contributed by atoms with Gasteiger partial charge in [-0.05, 0) is 56.4 Å². The van der Waals surface area contributed by atoms with E-state index in [2.05, 4.69) is 10.6 Å². The van der Waals surface area contributed by atoms with Crippen LogP contribution in [0.5, 0.6) is 0 Å². The van der Waals surface area contributed by atoms with Gasteiger partial charge in [-0.15, -0.1) is 0 Å². The second-order valence-electron chi connectivity index (χ2n) is 4.59. The van der Waals surface area contributed by atoms with E-state index in [1.807, 2.05) is 44.2 Å². The molecule has 0 radical (unpaired) electrons. The lowest BCUT2D eigenvalue weighted by molar-refractivity contribution is -0.115. The Morgan fingerprint density at radius 1 is 1.14 bits per heavy atom. The van der Waals surface area contributed by atoms with Gasteiger partial charge in [-0.3, -0.25) is 10.1 Å². The van der Waals surface area contributed by atoms with Gasteiger partial charge in [0.2, 0.25) is 5.91 Å². The summed E-state index contributed by atoms with van der Waals surface area (Å²) in [4.78, 5) is 11.7. The number of furan rings is 1. The maximum absolute atomic E-state index is 11.7. The fraction of sp³-hybridized carbons (Fsp3) is 0.125. The number of aryl methyl sites for hydroxylation is 2. The summed E-state index contributed by atoms with van der Waals surface area (Å²) in [5.74, 6) is 1.11. The Kier molecular flexibility index (Phi) is 4.90. The Labute approximate surface area is 128 Å². The van der Waals surface area contributed by atoms with Crippen molar-refractivity contribution >= 4 is 35.0 Å². The molecule has 0 aliphatic rings. The third kappa shape index (κ3) is 4.89. The van der Waals surface area contributed by atoms with Crippen molar-refractivity contribution < 1.29 is 9.21 Å². The molecule has 108 valence electrons. The molecule has 0 bridgehead atoms. The van der Waals surface area contributed by atoms with Crippen molar-refractivity contribution in [3.63, 3.8) is 0 Å². The van der Waals surface area contributed by atoms with Crippen molar-refractivity contribution in [2.24, 2.45) is 0 Å². The zero-order chi connectivity index (χ0) is 15.2. The van der Waals surface area contributed by atoms with Crippen LogP contribution in [0, 0.1) is 13.8 Å². The minimum absolute atomic E-state index is 0.254. The monoisotopic (exact) mass is 300 g/mol. The van der Waals surface area contributed by atoms with Crippen molar-refractivity contribution in [1.29, 1.82) is 0 Å². The average Bonchev–Trinajstić information content (AvgIpc) is 2.85. The molecule has 1 aromatic carbocycles. The van der Waals surface area contributed by atoms with Gasteiger partial charge in [0.05, 0.1) is 0 Å². The van der Waals surface area contributed by atoms with E-state index < -0.39 is 0 Å². The van der Waals surface area contributed by atoms with Crippen LogP contribution in [-0.4, -0.2) is 11.0 Å². The number of hydrogen-bond acceptors (Lipinski definition) is 3. The second kappa shape index (κ2) is 6.85. The summed E-state index contributed by atoms with van der Waals surface area (Å²) in [5.41, 5.74) is 1.99. The molecule has 1 heterocycles. The van der Waals surface area contributed by atoms with Crippen LogP contribution in [0.15, 0.2) is 46.9 Å². The summed E-state index contributed by atoms with van der Waals surface area (Å²) in [7, 11) is 0. The minimum atomic E-state index is -0.311. The van der Waals surface area contributed by atoms with Crippen LogP contribution in [0.25, 0.3) is 6.08 Å². The Hall–Kier alpha value is -2.40. The van der Waals surface area contributed by atoms with Gasteiger partial charge in [-0.25, -0.2) is 0 Å². The lowest BCUT2D eigenvalue weighted by Gasteiger charge is -2.08. The average molecular weight is 300 g/mol. The Balaban J connectivity index is 1.86. The molecule has 0 spiro atoms. The second-order valence-corrected chi connectivity index (χ2v) is 5.00. The quantitative estimate of drug-likeness (QED) is 0.673. The van der Waals surface area contributed by atoms with Crippen LogP contribution < -0.4 is 10.6 Å². The van der Waals surface area contributed by atoms with E-state index in [1.165, 1.54) is 6.08 Å². The molecule has 0 saturated heterocycles. The summed E-state index contributed by atoms with van der Waals surface area (Å²) >= 11 is 5.08. The number of carbonyl (C=O) groups excluding carboxylic acids is 1. The number of anilines is 1. The fourth-order valence-corrected chi connectivity index (χ4v) is 1.87. The van der Waals surface area contributed by atoms with Crippen molar-refractivity contribution in [3.05, 3.63) is 59.6 Å². The van der Waals surface area contributed by atoms with Gasteiger partial charge in [0.1, 0.15) is 11.5 Å². The zero-order valence-corrected chi connectivity index (χ0v) is 12.7. The van der Waals surface area contributed by atoms with Gasteiger partial charge < -0.3 is 9.73 Å². The highest BCUT2D eigenvalue weighted by Gasteiger charge is 2.02. The predicted molar refractivity (Wildman–Crippen MR) is 88.0 cm³/mol. The molecule has 0 fully saturated rings. The van der Waals surface area contributed by atoms with E-state index in [4.69, 9.17) is 16.6 Å². The first kappa shape index (κ1) is 15.0. The molecule has 2 rings (SSSR count). The molecule has 0 unspecified atom stereocenters. The first-order valence-corrected chi connectivity index (χ1v) is 6.87. The van der Waals surface area contributed by atoms with E-state index in [9.17, 15) is 4.79 Å². The summed E-state index contributed by atoms with van der Waals surface area (Å²) < 4.78 is 5.33. The largest absolute Gasteiger partial charge is 0.462 e. The van der Waals surface area contributed by atoms with Gasteiger partial charge in [0.15, 0.2) is 5.11 Å². The molecule has 4 nitrogen and oxygen atoms in total. The topological polar surface area (TPSA) is 54.3 Å². The Bertz CT molecular complexity index is 672. The number of carbonyl (C=O) groups is 1. The smallest absolute Gasteiger partial charge is 0.250 e. The number of nitrogens with one attached hydrogen (secondary N) is 2. The summed E-state index contributed by atoms with van der Waals surface area (Å²) in [6.07, 6.45) is 2.97. The lowest BCUT2D eigenvalue weighted by Crippen LogP contribution is -2.32. The van der Waals surface area contributed by atoms with Crippen LogP contribution in [0.3, 0.4) is 0 Å². The molecule has 2 aromatic rings. The highest BCUT2D eigenvalue weighted by Crippen LogP contribution is 2.09. The number of benzene rings is 1. The molecule has 5 heteroatoms. The predicted octanol–water partition coefficient (Wildman–Crippen LogP) is 3.42. The molecular weight excluding hydrogens is 284 g/mol. The first-order chi connectivity index (χ1) is 10.0. The molecule has 0 atom stereocenters. The highest BCUT2D eigenvalue weighted by molar-refractivity contribution is 7.80.